The summed E-state index contributed by atoms with van der Waals surface area (Å²) in [5.41, 5.74) is 0.288. The van der Waals surface area contributed by atoms with Crippen molar-refractivity contribution in [3.8, 4) is 11.5 Å². The summed E-state index contributed by atoms with van der Waals surface area (Å²) in [6, 6.07) is 8.31. The first-order valence-electron chi connectivity index (χ1n) is 8.79. The van der Waals surface area contributed by atoms with Gasteiger partial charge in [-0.15, -0.1) is 0 Å². The number of likely N-dealkylation sites (N-methyl/N-ethyl adjacent to an activating group) is 1. The molecule has 1 aromatic heterocycles. The Morgan fingerprint density at radius 2 is 2.00 bits per heavy atom. The summed E-state index contributed by atoms with van der Waals surface area (Å²) in [5, 5.41) is 0. The quantitative estimate of drug-likeness (QED) is 0.468. The number of benzene rings is 1. The number of amides is 1. The van der Waals surface area contributed by atoms with E-state index in [0.717, 1.165) is 12.8 Å². The van der Waals surface area contributed by atoms with Crippen molar-refractivity contribution in [3.63, 3.8) is 0 Å². The molecule has 1 heterocycles. The van der Waals surface area contributed by atoms with E-state index < -0.39 is 5.97 Å². The number of methoxy groups -OCH3 is 1. The monoisotopic (exact) mass is 375 g/mol. The maximum atomic E-state index is 12.2. The van der Waals surface area contributed by atoms with Crippen LogP contribution in [0.1, 0.15) is 35.9 Å². The molecule has 0 unspecified atom stereocenters. The zero-order valence-corrected chi connectivity index (χ0v) is 15.9. The van der Waals surface area contributed by atoms with Crippen LogP contribution in [0.25, 0.3) is 0 Å². The summed E-state index contributed by atoms with van der Waals surface area (Å²) in [5.74, 6) is 0.735. The molecule has 0 saturated heterocycles. The van der Waals surface area contributed by atoms with Crippen molar-refractivity contribution in [2.75, 3.05) is 27.4 Å². The molecule has 27 heavy (non-hydrogen) atoms. The second-order valence-corrected chi connectivity index (χ2v) is 5.97. The highest BCUT2D eigenvalue weighted by atomic mass is 16.5. The van der Waals surface area contributed by atoms with E-state index in [1.54, 1.807) is 37.4 Å². The lowest BCUT2D eigenvalue weighted by atomic mass is 10.2. The molecule has 0 aliphatic rings. The van der Waals surface area contributed by atoms with Crippen molar-refractivity contribution in [1.29, 1.82) is 0 Å². The Morgan fingerprint density at radius 3 is 2.67 bits per heavy atom. The molecule has 0 radical (unpaired) electrons. The molecule has 0 saturated carbocycles. The summed E-state index contributed by atoms with van der Waals surface area (Å²) in [4.78, 5) is 25.7. The average molecular weight is 375 g/mol. The van der Waals surface area contributed by atoms with E-state index in [2.05, 4.69) is 6.92 Å². The molecule has 7 heteroatoms. The zero-order chi connectivity index (χ0) is 19.6. The Hall–Kier alpha value is -2.96. The Kier molecular flexibility index (Phi) is 7.73. The van der Waals surface area contributed by atoms with E-state index >= 15 is 0 Å². The van der Waals surface area contributed by atoms with Crippen LogP contribution in [0.15, 0.2) is 41.0 Å². The van der Waals surface area contributed by atoms with Gasteiger partial charge in [-0.05, 0) is 36.8 Å². The van der Waals surface area contributed by atoms with Gasteiger partial charge < -0.3 is 23.5 Å². The van der Waals surface area contributed by atoms with Crippen LogP contribution in [0.5, 0.6) is 11.5 Å². The molecule has 1 aromatic carbocycles. The molecule has 2 rings (SSSR count). The van der Waals surface area contributed by atoms with Crippen LogP contribution in [0.3, 0.4) is 0 Å². The number of unbranched alkanes of at least 4 members (excludes halogenated alkanes) is 1. The summed E-state index contributed by atoms with van der Waals surface area (Å²) in [6.45, 7) is 2.61. The zero-order valence-electron chi connectivity index (χ0n) is 15.9. The maximum Gasteiger partial charge on any atom is 0.338 e. The second kappa shape index (κ2) is 10.3. The van der Waals surface area contributed by atoms with E-state index in [4.69, 9.17) is 18.6 Å². The van der Waals surface area contributed by atoms with E-state index in [0.29, 0.717) is 30.4 Å². The molecule has 0 bridgehead atoms. The van der Waals surface area contributed by atoms with Gasteiger partial charge in [0.1, 0.15) is 5.76 Å². The van der Waals surface area contributed by atoms with Crippen LogP contribution < -0.4 is 9.47 Å². The molecule has 0 fully saturated rings. The number of hydrogen-bond acceptors (Lipinski definition) is 6. The van der Waals surface area contributed by atoms with Crippen molar-refractivity contribution < 1.29 is 28.2 Å². The lowest BCUT2D eigenvalue weighted by molar-refractivity contribution is -0.133. The molecule has 0 atom stereocenters. The van der Waals surface area contributed by atoms with E-state index in [-0.39, 0.29) is 18.1 Å². The first kappa shape index (κ1) is 20.4. The van der Waals surface area contributed by atoms with E-state index in [9.17, 15) is 9.59 Å². The topological polar surface area (TPSA) is 78.2 Å². The van der Waals surface area contributed by atoms with Gasteiger partial charge >= 0.3 is 5.97 Å². The Labute approximate surface area is 158 Å². The standard InChI is InChI=1S/C20H25NO6/c1-4-5-10-26-17-9-8-15(12-18(17)24-3)20(23)27-14-19(22)21(2)13-16-7-6-11-25-16/h6-9,11-12H,4-5,10,13-14H2,1-3H3. The second-order valence-electron chi connectivity index (χ2n) is 5.97. The smallest absolute Gasteiger partial charge is 0.338 e. The number of rotatable bonds is 10. The van der Waals surface area contributed by atoms with E-state index in [1.165, 1.54) is 18.3 Å². The predicted octanol–water partition coefficient (Wildman–Crippen LogP) is 3.28. The average Bonchev–Trinajstić information content (AvgIpc) is 3.19. The molecule has 146 valence electrons. The molecular weight excluding hydrogens is 350 g/mol. The van der Waals surface area contributed by atoms with Gasteiger partial charge in [0.05, 0.1) is 32.1 Å². The fraction of sp³-hybridized carbons (Fsp3) is 0.400. The molecule has 0 spiro atoms. The Bertz CT molecular complexity index is 741. The molecule has 1 amide bonds. The van der Waals surface area contributed by atoms with Gasteiger partial charge in [0.15, 0.2) is 18.1 Å². The number of esters is 1. The molecule has 0 aliphatic heterocycles. The summed E-state index contributed by atoms with van der Waals surface area (Å²) < 4.78 is 21.2. The summed E-state index contributed by atoms with van der Waals surface area (Å²) >= 11 is 0. The highest BCUT2D eigenvalue weighted by Crippen LogP contribution is 2.28. The van der Waals surface area contributed by atoms with Crippen LogP contribution in [-0.4, -0.2) is 44.1 Å². The minimum atomic E-state index is -0.604. The Morgan fingerprint density at radius 1 is 1.19 bits per heavy atom. The summed E-state index contributed by atoms with van der Waals surface area (Å²) in [6.07, 6.45) is 3.49. The minimum absolute atomic E-state index is 0.288. The van der Waals surface area contributed by atoms with Crippen LogP contribution >= 0.6 is 0 Å². The third-order valence-electron chi connectivity index (χ3n) is 3.88. The minimum Gasteiger partial charge on any atom is -0.493 e. The molecule has 0 aliphatic carbocycles. The van der Waals surface area contributed by atoms with Crippen molar-refractivity contribution in [2.45, 2.75) is 26.3 Å². The van der Waals surface area contributed by atoms with Crippen molar-refractivity contribution >= 4 is 11.9 Å². The molecule has 2 aromatic rings. The number of ether oxygens (including phenoxy) is 3. The lowest BCUT2D eigenvalue weighted by Crippen LogP contribution is -2.30. The number of nitrogens with zero attached hydrogens (tertiary/aromatic N) is 1. The van der Waals surface area contributed by atoms with Gasteiger partial charge in [0.25, 0.3) is 5.91 Å². The number of furan rings is 1. The first-order valence-corrected chi connectivity index (χ1v) is 8.79. The van der Waals surface area contributed by atoms with Crippen LogP contribution in [0.2, 0.25) is 0 Å². The SMILES string of the molecule is CCCCOc1ccc(C(=O)OCC(=O)N(C)Cc2ccco2)cc1OC. The van der Waals surface area contributed by atoms with E-state index in [1.807, 2.05) is 0 Å². The number of carbonyl (C=O) groups is 2. The van der Waals surface area contributed by atoms with Crippen LogP contribution in [-0.2, 0) is 16.1 Å². The largest absolute Gasteiger partial charge is 0.493 e. The van der Waals surface area contributed by atoms with Gasteiger partial charge in [0.2, 0.25) is 0 Å². The summed E-state index contributed by atoms with van der Waals surface area (Å²) in [7, 11) is 3.12. The van der Waals surface area contributed by atoms with Gasteiger partial charge in [-0.2, -0.15) is 0 Å². The van der Waals surface area contributed by atoms with Crippen molar-refractivity contribution in [1.82, 2.24) is 4.90 Å². The highest BCUT2D eigenvalue weighted by Gasteiger charge is 2.16. The number of hydrogen-bond donors (Lipinski definition) is 0. The van der Waals surface area contributed by atoms with Crippen LogP contribution in [0.4, 0.5) is 0 Å². The first-order chi connectivity index (χ1) is 13.0. The Balaban J connectivity index is 1.90. The van der Waals surface area contributed by atoms with Gasteiger partial charge in [-0.25, -0.2) is 4.79 Å². The fourth-order valence-electron chi connectivity index (χ4n) is 2.29. The molecule has 7 nitrogen and oxygen atoms in total. The van der Waals surface area contributed by atoms with Gasteiger partial charge in [-0.3, -0.25) is 4.79 Å². The van der Waals surface area contributed by atoms with Gasteiger partial charge in [-0.1, -0.05) is 13.3 Å². The maximum absolute atomic E-state index is 12.2. The number of carbonyl (C=O) groups excluding carboxylic acids is 2. The fourth-order valence-corrected chi connectivity index (χ4v) is 2.29. The van der Waals surface area contributed by atoms with Crippen molar-refractivity contribution in [3.05, 3.63) is 47.9 Å². The third kappa shape index (κ3) is 6.06. The lowest BCUT2D eigenvalue weighted by Gasteiger charge is -2.16. The van der Waals surface area contributed by atoms with Crippen molar-refractivity contribution in [2.24, 2.45) is 0 Å². The van der Waals surface area contributed by atoms with Gasteiger partial charge in [0, 0.05) is 7.05 Å². The van der Waals surface area contributed by atoms with Crippen LogP contribution in [0, 0.1) is 0 Å². The highest BCUT2D eigenvalue weighted by molar-refractivity contribution is 5.92. The normalized spacial score (nSPS) is 10.3. The molecule has 0 N–H and O–H groups in total. The third-order valence-corrected chi connectivity index (χ3v) is 3.88. The predicted molar refractivity (Wildman–Crippen MR) is 98.9 cm³/mol. The molecular formula is C20H25NO6.